The number of aryl methyl sites for hydroxylation is 1. The zero-order chi connectivity index (χ0) is 20.4. The fourth-order valence-corrected chi connectivity index (χ4v) is 2.20. The van der Waals surface area contributed by atoms with E-state index in [4.69, 9.17) is 26.4 Å². The van der Waals surface area contributed by atoms with Gasteiger partial charge in [-0.05, 0) is 55.0 Å². The molecule has 0 bridgehead atoms. The highest BCUT2D eigenvalue weighted by atomic mass is 32.1. The molecule has 0 spiro atoms. The average Bonchev–Trinajstić information content (AvgIpc) is 2.70. The summed E-state index contributed by atoms with van der Waals surface area (Å²) in [5.74, 6) is 0.887. The molecule has 0 aromatic heterocycles. The molecule has 0 saturated carbocycles. The first-order valence-corrected chi connectivity index (χ1v) is 8.72. The minimum Gasteiger partial charge on any atom is -0.497 e. The number of hydrogen-bond acceptors (Lipinski definition) is 6. The van der Waals surface area contributed by atoms with E-state index in [1.807, 2.05) is 25.1 Å². The van der Waals surface area contributed by atoms with Crippen LogP contribution in [0.3, 0.4) is 0 Å². The van der Waals surface area contributed by atoms with Gasteiger partial charge in [0.1, 0.15) is 17.2 Å². The fourth-order valence-electron chi connectivity index (χ4n) is 2.04. The van der Waals surface area contributed by atoms with Gasteiger partial charge in [-0.15, -0.1) is 0 Å². The first-order valence-electron chi connectivity index (χ1n) is 8.32. The third-order valence-electron chi connectivity index (χ3n) is 3.45. The molecule has 0 aliphatic carbocycles. The summed E-state index contributed by atoms with van der Waals surface area (Å²) in [6.45, 7) is 1.44. The zero-order valence-electron chi connectivity index (χ0n) is 15.5. The summed E-state index contributed by atoms with van der Waals surface area (Å²) in [6, 6.07) is 14.1. The Labute approximate surface area is 168 Å². The van der Waals surface area contributed by atoms with Crippen molar-refractivity contribution in [3.05, 3.63) is 54.1 Å². The Kier molecular flexibility index (Phi) is 8.04. The van der Waals surface area contributed by atoms with Crippen molar-refractivity contribution in [3.8, 4) is 17.2 Å². The smallest absolute Gasteiger partial charge is 0.276 e. The van der Waals surface area contributed by atoms with Gasteiger partial charge in [-0.2, -0.15) is 0 Å². The molecule has 0 atom stereocenters. The van der Waals surface area contributed by atoms with E-state index in [0.29, 0.717) is 17.2 Å². The van der Waals surface area contributed by atoms with Gasteiger partial charge >= 0.3 is 0 Å². The van der Waals surface area contributed by atoms with Crippen molar-refractivity contribution >= 4 is 29.1 Å². The van der Waals surface area contributed by atoms with E-state index in [9.17, 15) is 9.59 Å². The number of benzene rings is 2. The molecule has 3 N–H and O–H groups in total. The molecular formula is C19H21N3O5S. The third kappa shape index (κ3) is 7.12. The molecule has 0 unspecified atom stereocenters. The van der Waals surface area contributed by atoms with Crippen LogP contribution in [-0.4, -0.2) is 37.3 Å². The van der Waals surface area contributed by atoms with Crippen molar-refractivity contribution in [2.75, 3.05) is 20.3 Å². The minimum atomic E-state index is -0.473. The van der Waals surface area contributed by atoms with E-state index in [0.717, 1.165) is 5.56 Å². The summed E-state index contributed by atoms with van der Waals surface area (Å²) in [7, 11) is 1.56. The number of methoxy groups -OCH3 is 1. The second-order valence-electron chi connectivity index (χ2n) is 5.57. The van der Waals surface area contributed by atoms with Crippen LogP contribution < -0.4 is 30.4 Å². The molecule has 0 saturated heterocycles. The summed E-state index contributed by atoms with van der Waals surface area (Å²) in [4.78, 5) is 23.6. The van der Waals surface area contributed by atoms with E-state index >= 15 is 0 Å². The maximum Gasteiger partial charge on any atom is 0.276 e. The van der Waals surface area contributed by atoms with Crippen LogP contribution in [0, 0.1) is 6.92 Å². The van der Waals surface area contributed by atoms with Crippen molar-refractivity contribution in [2.24, 2.45) is 0 Å². The van der Waals surface area contributed by atoms with Crippen LogP contribution in [0.4, 0.5) is 0 Å². The highest BCUT2D eigenvalue weighted by molar-refractivity contribution is 7.80. The molecule has 148 valence electrons. The standard InChI is InChI=1S/C19H21N3O5S/c1-13-5-3-4-6-16(13)27-12-18(24)21-22-19(28)20-17(23)11-26-15-9-7-14(25-2)8-10-15/h3-10H,11-12H2,1-2H3,(H,21,24)(H2,20,22,23,28). The van der Waals surface area contributed by atoms with Gasteiger partial charge in [-0.3, -0.25) is 25.8 Å². The van der Waals surface area contributed by atoms with Crippen molar-refractivity contribution in [2.45, 2.75) is 6.92 Å². The average molecular weight is 403 g/mol. The predicted molar refractivity (Wildman–Crippen MR) is 107 cm³/mol. The summed E-state index contributed by atoms with van der Waals surface area (Å²) >= 11 is 4.94. The molecule has 0 aliphatic heterocycles. The lowest BCUT2D eigenvalue weighted by Gasteiger charge is -2.12. The quantitative estimate of drug-likeness (QED) is 0.476. The van der Waals surface area contributed by atoms with Crippen LogP contribution in [0.1, 0.15) is 5.56 Å². The number of hydrazine groups is 1. The topological polar surface area (TPSA) is 97.9 Å². The number of ether oxygens (including phenoxy) is 3. The van der Waals surface area contributed by atoms with Crippen molar-refractivity contribution in [3.63, 3.8) is 0 Å². The number of carbonyl (C=O) groups is 2. The number of para-hydroxylation sites is 1. The molecule has 0 heterocycles. The Bertz CT molecular complexity index is 827. The summed E-state index contributed by atoms with van der Waals surface area (Å²) < 4.78 is 15.8. The fraction of sp³-hybridized carbons (Fsp3) is 0.211. The van der Waals surface area contributed by atoms with E-state index in [2.05, 4.69) is 16.2 Å². The lowest BCUT2D eigenvalue weighted by molar-refractivity contribution is -0.124. The van der Waals surface area contributed by atoms with Crippen molar-refractivity contribution < 1.29 is 23.8 Å². The molecule has 0 radical (unpaired) electrons. The molecule has 0 fully saturated rings. The van der Waals surface area contributed by atoms with E-state index in [1.165, 1.54) is 0 Å². The van der Waals surface area contributed by atoms with Gasteiger partial charge in [0.15, 0.2) is 18.3 Å². The van der Waals surface area contributed by atoms with Crippen molar-refractivity contribution in [1.82, 2.24) is 16.2 Å². The van der Waals surface area contributed by atoms with Crippen LogP contribution in [0.2, 0.25) is 0 Å². The normalized spacial score (nSPS) is 9.79. The van der Waals surface area contributed by atoms with Gasteiger partial charge in [0.25, 0.3) is 11.8 Å². The van der Waals surface area contributed by atoms with Crippen LogP contribution >= 0.6 is 12.2 Å². The lowest BCUT2D eigenvalue weighted by atomic mass is 10.2. The van der Waals surface area contributed by atoms with Gasteiger partial charge in [0.2, 0.25) is 0 Å². The Hall–Kier alpha value is -3.33. The Morgan fingerprint density at radius 1 is 0.893 bits per heavy atom. The Morgan fingerprint density at radius 3 is 2.21 bits per heavy atom. The number of carbonyl (C=O) groups excluding carboxylic acids is 2. The van der Waals surface area contributed by atoms with Gasteiger partial charge in [0.05, 0.1) is 7.11 Å². The molecule has 2 aromatic carbocycles. The van der Waals surface area contributed by atoms with Crippen LogP contribution in [-0.2, 0) is 9.59 Å². The summed E-state index contributed by atoms with van der Waals surface area (Å²) in [5.41, 5.74) is 5.68. The molecule has 28 heavy (non-hydrogen) atoms. The van der Waals surface area contributed by atoms with Gasteiger partial charge < -0.3 is 14.2 Å². The maximum absolute atomic E-state index is 11.8. The minimum absolute atomic E-state index is 0.0624. The molecule has 2 amide bonds. The first kappa shape index (κ1) is 21.0. The van der Waals surface area contributed by atoms with Gasteiger partial charge in [-0.25, -0.2) is 0 Å². The van der Waals surface area contributed by atoms with Gasteiger partial charge in [-0.1, -0.05) is 18.2 Å². The zero-order valence-corrected chi connectivity index (χ0v) is 16.3. The maximum atomic E-state index is 11.8. The molecule has 0 aliphatic rings. The van der Waals surface area contributed by atoms with E-state index < -0.39 is 11.8 Å². The second-order valence-corrected chi connectivity index (χ2v) is 5.98. The second kappa shape index (κ2) is 10.7. The molecular weight excluding hydrogens is 382 g/mol. The highest BCUT2D eigenvalue weighted by Gasteiger charge is 2.08. The largest absolute Gasteiger partial charge is 0.497 e. The molecule has 8 nitrogen and oxygen atoms in total. The number of nitrogens with one attached hydrogen (secondary N) is 3. The van der Waals surface area contributed by atoms with Crippen LogP contribution in [0.5, 0.6) is 17.2 Å². The van der Waals surface area contributed by atoms with E-state index in [1.54, 1.807) is 37.4 Å². The summed E-state index contributed by atoms with van der Waals surface area (Å²) in [5, 5.41) is 2.32. The lowest BCUT2D eigenvalue weighted by Crippen LogP contribution is -2.50. The number of thiocarbonyl (C=S) groups is 1. The molecule has 2 rings (SSSR count). The Morgan fingerprint density at radius 2 is 1.54 bits per heavy atom. The number of hydrogen-bond donors (Lipinski definition) is 3. The first-order chi connectivity index (χ1) is 13.5. The molecule has 2 aromatic rings. The van der Waals surface area contributed by atoms with Gasteiger partial charge in [0, 0.05) is 0 Å². The SMILES string of the molecule is COc1ccc(OCC(=O)NC(=S)NNC(=O)COc2ccccc2C)cc1. The summed E-state index contributed by atoms with van der Waals surface area (Å²) in [6.07, 6.45) is 0. The third-order valence-corrected chi connectivity index (χ3v) is 3.65. The van der Waals surface area contributed by atoms with Crippen LogP contribution in [0.25, 0.3) is 0 Å². The highest BCUT2D eigenvalue weighted by Crippen LogP contribution is 2.17. The van der Waals surface area contributed by atoms with E-state index in [-0.39, 0.29) is 18.3 Å². The molecule has 9 heteroatoms. The van der Waals surface area contributed by atoms with Crippen LogP contribution in [0.15, 0.2) is 48.5 Å². The number of rotatable bonds is 7. The Balaban J connectivity index is 1.64. The predicted octanol–water partition coefficient (Wildman–Crippen LogP) is 1.48. The van der Waals surface area contributed by atoms with Crippen molar-refractivity contribution in [1.29, 1.82) is 0 Å². The number of amides is 2. The monoisotopic (exact) mass is 403 g/mol.